The molecular weight excluding hydrogens is 403 g/mol. The molecule has 0 fully saturated rings. The molecule has 10 heteroatoms. The standard InChI is InChI=1S/C20H10F3N3O4/c21-15-7-6-14(18(22)19(15)23)20(27)30-13-4-1-11(2-5-13)16-10-25-9-12(26(28)29)3-8-17(25)24-16/h1-10H. The lowest BCUT2D eigenvalue weighted by atomic mass is 10.1. The third-order valence-electron chi connectivity index (χ3n) is 4.26. The van der Waals surface area contributed by atoms with Crippen molar-refractivity contribution in [2.75, 3.05) is 0 Å². The number of rotatable bonds is 4. The van der Waals surface area contributed by atoms with E-state index in [1.807, 2.05) is 0 Å². The van der Waals surface area contributed by atoms with Gasteiger partial charge in [0.1, 0.15) is 11.4 Å². The van der Waals surface area contributed by atoms with Gasteiger partial charge in [-0.25, -0.2) is 22.9 Å². The Morgan fingerprint density at radius 2 is 1.70 bits per heavy atom. The number of ether oxygens (including phenoxy) is 1. The summed E-state index contributed by atoms with van der Waals surface area (Å²) in [6.07, 6.45) is 2.93. The van der Waals surface area contributed by atoms with Crippen LogP contribution in [-0.2, 0) is 0 Å². The van der Waals surface area contributed by atoms with Crippen molar-refractivity contribution in [3.63, 3.8) is 0 Å². The zero-order valence-corrected chi connectivity index (χ0v) is 14.9. The SMILES string of the molecule is O=C(Oc1ccc(-c2cn3cc([N+](=O)[O-])ccc3n2)cc1)c1ccc(F)c(F)c1F. The molecule has 30 heavy (non-hydrogen) atoms. The molecule has 7 nitrogen and oxygen atoms in total. The first-order valence-electron chi connectivity index (χ1n) is 8.43. The van der Waals surface area contributed by atoms with Crippen LogP contribution in [0.2, 0.25) is 0 Å². The number of nitrogens with zero attached hydrogens (tertiary/aromatic N) is 3. The highest BCUT2D eigenvalue weighted by molar-refractivity contribution is 5.91. The summed E-state index contributed by atoms with van der Waals surface area (Å²) in [5.74, 6) is -5.93. The number of carbonyl (C=O) groups excluding carboxylic acids is 1. The molecule has 0 aliphatic carbocycles. The number of halogens is 3. The van der Waals surface area contributed by atoms with E-state index in [9.17, 15) is 28.1 Å². The number of imidazole rings is 1. The van der Waals surface area contributed by atoms with Crippen LogP contribution in [0.5, 0.6) is 5.75 Å². The Kier molecular flexibility index (Phi) is 4.66. The predicted molar refractivity (Wildman–Crippen MR) is 98.6 cm³/mol. The van der Waals surface area contributed by atoms with Crippen LogP contribution in [0.15, 0.2) is 60.9 Å². The van der Waals surface area contributed by atoms with Crippen molar-refractivity contribution >= 4 is 17.3 Å². The van der Waals surface area contributed by atoms with Gasteiger partial charge in [0.15, 0.2) is 17.5 Å². The van der Waals surface area contributed by atoms with Gasteiger partial charge in [0.25, 0.3) is 5.69 Å². The molecule has 0 aliphatic heterocycles. The average molecular weight is 413 g/mol. The minimum Gasteiger partial charge on any atom is -0.423 e. The summed E-state index contributed by atoms with van der Waals surface area (Å²) < 4.78 is 46.5. The van der Waals surface area contributed by atoms with Gasteiger partial charge in [0, 0.05) is 17.8 Å². The summed E-state index contributed by atoms with van der Waals surface area (Å²) >= 11 is 0. The summed E-state index contributed by atoms with van der Waals surface area (Å²) in [5, 5.41) is 10.9. The second-order valence-corrected chi connectivity index (χ2v) is 6.17. The van der Waals surface area contributed by atoms with Gasteiger partial charge >= 0.3 is 5.97 Å². The van der Waals surface area contributed by atoms with Crippen molar-refractivity contribution in [3.8, 4) is 17.0 Å². The van der Waals surface area contributed by atoms with Crippen LogP contribution in [0, 0.1) is 27.6 Å². The zero-order chi connectivity index (χ0) is 21.4. The Morgan fingerprint density at radius 1 is 0.967 bits per heavy atom. The maximum atomic E-state index is 13.7. The van der Waals surface area contributed by atoms with Gasteiger partial charge in [-0.05, 0) is 42.5 Å². The van der Waals surface area contributed by atoms with Gasteiger partial charge in [0.2, 0.25) is 0 Å². The van der Waals surface area contributed by atoms with Crippen LogP contribution in [-0.4, -0.2) is 20.3 Å². The zero-order valence-electron chi connectivity index (χ0n) is 14.9. The molecule has 0 spiro atoms. The van der Waals surface area contributed by atoms with E-state index < -0.39 is 33.9 Å². The summed E-state index contributed by atoms with van der Waals surface area (Å²) in [6.45, 7) is 0. The van der Waals surface area contributed by atoms with Gasteiger partial charge in [-0.3, -0.25) is 14.5 Å². The first kappa shape index (κ1) is 19.1. The first-order valence-corrected chi connectivity index (χ1v) is 8.43. The molecule has 4 rings (SSSR count). The number of benzene rings is 2. The van der Waals surface area contributed by atoms with Gasteiger partial charge < -0.3 is 4.74 Å². The number of esters is 1. The minimum absolute atomic E-state index is 0.0484. The third kappa shape index (κ3) is 3.46. The van der Waals surface area contributed by atoms with E-state index in [0.717, 1.165) is 6.07 Å². The van der Waals surface area contributed by atoms with Crippen LogP contribution in [0.25, 0.3) is 16.9 Å². The molecule has 0 N–H and O–H groups in total. The van der Waals surface area contributed by atoms with E-state index in [0.29, 0.717) is 23.0 Å². The quantitative estimate of drug-likeness (QED) is 0.161. The van der Waals surface area contributed by atoms with Crippen LogP contribution in [0.4, 0.5) is 18.9 Å². The van der Waals surface area contributed by atoms with Crippen molar-refractivity contribution in [2.24, 2.45) is 0 Å². The second kappa shape index (κ2) is 7.32. The summed E-state index contributed by atoms with van der Waals surface area (Å²) in [6, 6.07) is 10.2. The summed E-state index contributed by atoms with van der Waals surface area (Å²) in [5.41, 5.74) is 0.818. The predicted octanol–water partition coefficient (Wildman–Crippen LogP) is 4.55. The molecule has 2 aromatic heterocycles. The number of aromatic nitrogens is 2. The maximum absolute atomic E-state index is 13.7. The Hall–Kier alpha value is -4.21. The number of hydrogen-bond donors (Lipinski definition) is 0. The number of nitro groups is 1. The number of hydrogen-bond acceptors (Lipinski definition) is 5. The van der Waals surface area contributed by atoms with Gasteiger partial charge in [-0.15, -0.1) is 0 Å². The fraction of sp³-hybridized carbons (Fsp3) is 0. The Labute approximate surface area is 166 Å². The maximum Gasteiger partial charge on any atom is 0.346 e. The highest BCUT2D eigenvalue weighted by Crippen LogP contribution is 2.24. The second-order valence-electron chi connectivity index (χ2n) is 6.17. The molecule has 0 saturated carbocycles. The molecule has 2 aromatic carbocycles. The normalized spacial score (nSPS) is 10.9. The van der Waals surface area contributed by atoms with Crippen molar-refractivity contribution in [3.05, 3.63) is 94.1 Å². The minimum atomic E-state index is -1.76. The fourth-order valence-electron chi connectivity index (χ4n) is 2.77. The van der Waals surface area contributed by atoms with Crippen molar-refractivity contribution in [1.82, 2.24) is 9.38 Å². The smallest absolute Gasteiger partial charge is 0.346 e. The molecule has 0 amide bonds. The van der Waals surface area contributed by atoms with E-state index >= 15 is 0 Å². The molecule has 4 aromatic rings. The Bertz CT molecular complexity index is 1300. The molecule has 150 valence electrons. The molecule has 0 radical (unpaired) electrons. The molecule has 0 saturated heterocycles. The number of pyridine rings is 1. The van der Waals surface area contributed by atoms with Crippen LogP contribution in [0.3, 0.4) is 0 Å². The fourth-order valence-corrected chi connectivity index (χ4v) is 2.77. The molecule has 2 heterocycles. The van der Waals surface area contributed by atoms with Crippen molar-refractivity contribution in [2.45, 2.75) is 0 Å². The number of carbonyl (C=O) groups is 1. The summed E-state index contributed by atoms with van der Waals surface area (Å²) in [7, 11) is 0. The van der Waals surface area contributed by atoms with Gasteiger partial charge in [0.05, 0.1) is 22.4 Å². The van der Waals surface area contributed by atoms with E-state index in [4.69, 9.17) is 4.74 Å². The topological polar surface area (TPSA) is 86.7 Å². The summed E-state index contributed by atoms with van der Waals surface area (Å²) in [4.78, 5) is 26.8. The van der Waals surface area contributed by atoms with Crippen LogP contribution < -0.4 is 4.74 Å². The average Bonchev–Trinajstić information content (AvgIpc) is 3.16. The van der Waals surface area contributed by atoms with Crippen LogP contribution >= 0.6 is 0 Å². The third-order valence-corrected chi connectivity index (χ3v) is 4.26. The van der Waals surface area contributed by atoms with Crippen LogP contribution in [0.1, 0.15) is 10.4 Å². The molecule has 0 aliphatic rings. The molecule has 0 bridgehead atoms. The molecule has 0 unspecified atom stereocenters. The lowest BCUT2D eigenvalue weighted by molar-refractivity contribution is -0.385. The monoisotopic (exact) mass is 413 g/mol. The van der Waals surface area contributed by atoms with E-state index in [-0.39, 0.29) is 11.4 Å². The number of fused-ring (bicyclic) bond motifs is 1. The van der Waals surface area contributed by atoms with Crippen molar-refractivity contribution in [1.29, 1.82) is 0 Å². The van der Waals surface area contributed by atoms with E-state index in [1.165, 1.54) is 34.9 Å². The van der Waals surface area contributed by atoms with E-state index in [2.05, 4.69) is 4.98 Å². The largest absolute Gasteiger partial charge is 0.423 e. The lowest BCUT2D eigenvalue weighted by Gasteiger charge is -2.06. The van der Waals surface area contributed by atoms with Gasteiger partial charge in [-0.2, -0.15) is 0 Å². The van der Waals surface area contributed by atoms with Gasteiger partial charge in [-0.1, -0.05) is 0 Å². The first-order chi connectivity index (χ1) is 14.3. The highest BCUT2D eigenvalue weighted by atomic mass is 19.2. The lowest BCUT2D eigenvalue weighted by Crippen LogP contribution is -2.12. The highest BCUT2D eigenvalue weighted by Gasteiger charge is 2.20. The molecular formula is C20H10F3N3O4. The van der Waals surface area contributed by atoms with Crippen molar-refractivity contribution < 1.29 is 27.6 Å². The Balaban J connectivity index is 1.56. The Morgan fingerprint density at radius 3 is 2.40 bits per heavy atom. The molecule has 0 atom stereocenters. The van der Waals surface area contributed by atoms with E-state index in [1.54, 1.807) is 18.3 Å².